The summed E-state index contributed by atoms with van der Waals surface area (Å²) in [5.41, 5.74) is 3.99. The smallest absolute Gasteiger partial charge is 0.367 e. The second-order valence-electron chi connectivity index (χ2n) is 13.8. The van der Waals surface area contributed by atoms with E-state index in [0.29, 0.717) is 41.4 Å². The van der Waals surface area contributed by atoms with E-state index in [-0.39, 0.29) is 29.0 Å². The number of sulfonamides is 1. The third kappa shape index (κ3) is 7.73. The summed E-state index contributed by atoms with van der Waals surface area (Å²) in [7, 11) is -3.29. The summed E-state index contributed by atoms with van der Waals surface area (Å²) in [5, 5.41) is 15.3. The van der Waals surface area contributed by atoms with E-state index >= 15 is 0 Å². The maximum atomic E-state index is 13.0. The number of alkyl halides is 3. The fourth-order valence-corrected chi connectivity index (χ4v) is 10.2. The molecule has 15 heteroatoms. The molecule has 3 aromatic heterocycles. The molecule has 0 aliphatic carbocycles. The number of aryl methyl sites for hydroxylation is 1. The van der Waals surface area contributed by atoms with Crippen molar-refractivity contribution in [3.8, 4) is 6.07 Å². The fraction of sp³-hybridized carbons (Fsp3) is 0.559. The number of benzene rings is 1. The molecular weight excluding hydrogens is 674 g/mol. The highest BCUT2D eigenvalue weighted by Gasteiger charge is 2.37. The van der Waals surface area contributed by atoms with Crippen LogP contribution >= 0.6 is 11.3 Å². The Labute approximate surface area is 289 Å². The van der Waals surface area contributed by atoms with Crippen molar-refractivity contribution in [2.45, 2.75) is 90.4 Å². The van der Waals surface area contributed by atoms with Gasteiger partial charge in [-0.05, 0) is 69.9 Å². The second kappa shape index (κ2) is 13.8. The van der Waals surface area contributed by atoms with Crippen molar-refractivity contribution in [1.29, 1.82) is 5.26 Å². The minimum absolute atomic E-state index is 0.101. The van der Waals surface area contributed by atoms with Crippen LogP contribution in [0.25, 0.3) is 21.1 Å². The van der Waals surface area contributed by atoms with E-state index in [9.17, 15) is 26.9 Å². The molecule has 2 fully saturated rings. The molecule has 0 spiro atoms. The number of nitriles is 1. The molecule has 10 nitrogen and oxygen atoms in total. The van der Waals surface area contributed by atoms with Gasteiger partial charge in [-0.25, -0.2) is 18.4 Å². The van der Waals surface area contributed by atoms with Crippen molar-refractivity contribution >= 4 is 48.3 Å². The molecule has 0 bridgehead atoms. The van der Waals surface area contributed by atoms with Gasteiger partial charge in [-0.2, -0.15) is 22.7 Å². The van der Waals surface area contributed by atoms with Crippen molar-refractivity contribution in [2.75, 3.05) is 37.8 Å². The summed E-state index contributed by atoms with van der Waals surface area (Å²) in [6.07, 6.45) is -0.820. The number of anilines is 1. The number of thiophene rings is 1. The largest absolute Gasteiger partial charge is 0.393 e. The number of rotatable bonds is 9. The third-order valence-corrected chi connectivity index (χ3v) is 12.5. The van der Waals surface area contributed by atoms with Crippen molar-refractivity contribution in [2.24, 2.45) is 0 Å². The Kier molecular flexibility index (Phi) is 10.00. The first-order chi connectivity index (χ1) is 23.1. The van der Waals surface area contributed by atoms with Crippen LogP contribution in [-0.4, -0.2) is 99.8 Å². The summed E-state index contributed by atoms with van der Waals surface area (Å²) in [6.45, 7) is 12.5. The van der Waals surface area contributed by atoms with Crippen LogP contribution in [-0.2, 0) is 29.5 Å². The number of halogens is 3. The number of likely N-dealkylation sites (tertiary alicyclic amines) is 1. The average Bonchev–Trinajstić information content (AvgIpc) is 3.58. The van der Waals surface area contributed by atoms with Gasteiger partial charge in [0, 0.05) is 79.2 Å². The molecule has 5 heterocycles. The van der Waals surface area contributed by atoms with Crippen LogP contribution in [0.1, 0.15) is 55.3 Å². The van der Waals surface area contributed by atoms with Gasteiger partial charge in [0.15, 0.2) is 0 Å². The van der Waals surface area contributed by atoms with Crippen LogP contribution in [0.2, 0.25) is 0 Å². The molecule has 6 rings (SSSR count). The molecule has 0 radical (unpaired) electrons. The van der Waals surface area contributed by atoms with Gasteiger partial charge in [0.1, 0.15) is 28.7 Å². The van der Waals surface area contributed by atoms with Gasteiger partial charge in [0.2, 0.25) is 10.0 Å². The van der Waals surface area contributed by atoms with Crippen molar-refractivity contribution in [3.63, 3.8) is 0 Å². The maximum absolute atomic E-state index is 13.0. The molecule has 2 aliphatic heterocycles. The van der Waals surface area contributed by atoms with E-state index in [2.05, 4.69) is 61.7 Å². The van der Waals surface area contributed by atoms with Gasteiger partial charge in [0.05, 0.1) is 18.1 Å². The van der Waals surface area contributed by atoms with Crippen molar-refractivity contribution in [1.82, 2.24) is 28.6 Å². The highest BCUT2D eigenvalue weighted by atomic mass is 32.2. The lowest BCUT2D eigenvalue weighted by atomic mass is 10.0. The van der Waals surface area contributed by atoms with Crippen LogP contribution in [0.3, 0.4) is 0 Å². The van der Waals surface area contributed by atoms with Crippen LogP contribution < -0.4 is 5.32 Å². The van der Waals surface area contributed by atoms with Gasteiger partial charge < -0.3 is 9.88 Å². The Hall–Kier alpha value is -3.29. The standard InChI is InChI=1S/C34H43F3N8O2S2/c1-21(43-16-22(2)45(23(3)17-43)49(5,46)47)18-44-27(15-38)12-29-24(4)25(6-7-31(29)44)19-42-10-8-26(9-11-42)41-32-30-13-28(14-34(35,36)37)48-33(30)40-20-39-32/h6-7,12-13,20-23,26H,8-11,14,16-19H2,1-5H3,(H,39,40,41)/t21?,22-,23+. The average molecular weight is 717 g/mol. The Morgan fingerprint density at radius 1 is 1.10 bits per heavy atom. The molecule has 49 heavy (non-hydrogen) atoms. The highest BCUT2D eigenvalue weighted by Crippen LogP contribution is 2.34. The molecule has 1 aromatic carbocycles. The van der Waals surface area contributed by atoms with E-state index in [0.717, 1.165) is 60.3 Å². The Morgan fingerprint density at radius 2 is 1.80 bits per heavy atom. The van der Waals surface area contributed by atoms with E-state index in [1.807, 2.05) is 19.9 Å². The number of hydrogen-bond acceptors (Lipinski definition) is 9. The van der Waals surface area contributed by atoms with Gasteiger partial charge >= 0.3 is 6.18 Å². The third-order valence-electron chi connectivity index (χ3n) is 9.98. The SMILES string of the molecule is Cc1c(CN2CCC(Nc3ncnc4sc(CC(F)(F)F)cc34)CC2)ccc2c1cc(C#N)n2CC(C)N1C[C@@H](C)N(S(C)(=O)=O)[C@@H](C)C1. The quantitative estimate of drug-likeness (QED) is 0.233. The fourth-order valence-electron chi connectivity index (χ4n) is 7.70. The first-order valence-corrected chi connectivity index (χ1v) is 19.3. The predicted octanol–water partition coefficient (Wildman–Crippen LogP) is 5.75. The molecule has 0 amide bonds. The first kappa shape index (κ1) is 35.5. The minimum Gasteiger partial charge on any atom is -0.367 e. The summed E-state index contributed by atoms with van der Waals surface area (Å²) in [5.74, 6) is 0.585. The lowest BCUT2D eigenvalue weighted by molar-refractivity contribution is -0.126. The van der Waals surface area contributed by atoms with Crippen LogP contribution in [0, 0.1) is 18.3 Å². The number of nitrogens with one attached hydrogen (secondary N) is 1. The highest BCUT2D eigenvalue weighted by molar-refractivity contribution is 7.88. The van der Waals surface area contributed by atoms with E-state index in [4.69, 9.17) is 0 Å². The molecule has 3 atom stereocenters. The topological polar surface area (TPSA) is 110 Å². The van der Waals surface area contributed by atoms with E-state index in [1.165, 1.54) is 18.1 Å². The summed E-state index contributed by atoms with van der Waals surface area (Å²) >= 11 is 1.06. The summed E-state index contributed by atoms with van der Waals surface area (Å²) in [4.78, 5) is 14.1. The van der Waals surface area contributed by atoms with Crippen molar-refractivity contribution in [3.05, 3.63) is 52.3 Å². The van der Waals surface area contributed by atoms with Crippen LogP contribution in [0.5, 0.6) is 0 Å². The second-order valence-corrected chi connectivity index (χ2v) is 16.8. The zero-order valence-electron chi connectivity index (χ0n) is 28.5. The zero-order chi connectivity index (χ0) is 35.2. The van der Waals surface area contributed by atoms with Crippen molar-refractivity contribution < 1.29 is 21.6 Å². The molecular formula is C34H43F3N8O2S2. The lowest BCUT2D eigenvalue weighted by Gasteiger charge is -2.45. The normalized spacial score (nSPS) is 21.4. The minimum atomic E-state index is -4.27. The Morgan fingerprint density at radius 3 is 2.43 bits per heavy atom. The molecule has 2 saturated heterocycles. The number of piperazine rings is 1. The number of nitrogens with zero attached hydrogens (tertiary/aromatic N) is 7. The summed E-state index contributed by atoms with van der Waals surface area (Å²) in [6, 6.07) is 10.2. The predicted molar refractivity (Wildman–Crippen MR) is 187 cm³/mol. The first-order valence-electron chi connectivity index (χ1n) is 16.6. The maximum Gasteiger partial charge on any atom is 0.393 e. The van der Waals surface area contributed by atoms with Crippen LogP contribution in [0.4, 0.5) is 19.0 Å². The Bertz CT molecular complexity index is 1970. The Balaban J connectivity index is 1.10. The van der Waals surface area contributed by atoms with E-state index < -0.39 is 22.6 Å². The van der Waals surface area contributed by atoms with Crippen LogP contribution in [0.15, 0.2) is 30.6 Å². The molecule has 264 valence electrons. The van der Waals surface area contributed by atoms with E-state index in [1.54, 1.807) is 10.4 Å². The zero-order valence-corrected chi connectivity index (χ0v) is 30.1. The molecule has 4 aromatic rings. The molecule has 2 aliphatic rings. The number of aromatic nitrogens is 3. The molecule has 1 N–H and O–H groups in total. The van der Waals surface area contributed by atoms with Gasteiger partial charge in [-0.1, -0.05) is 6.07 Å². The number of piperidine rings is 1. The summed E-state index contributed by atoms with van der Waals surface area (Å²) < 4.78 is 67.3. The van der Waals surface area contributed by atoms with Gasteiger partial charge in [-0.3, -0.25) is 9.80 Å². The van der Waals surface area contributed by atoms with Gasteiger partial charge in [-0.15, -0.1) is 11.3 Å². The molecule has 1 unspecified atom stereocenters. The molecule has 0 saturated carbocycles. The number of fused-ring (bicyclic) bond motifs is 2. The van der Waals surface area contributed by atoms with Gasteiger partial charge in [0.25, 0.3) is 0 Å². The number of hydrogen-bond donors (Lipinski definition) is 1. The lowest BCUT2D eigenvalue weighted by Crippen LogP contribution is -2.60. The monoisotopic (exact) mass is 716 g/mol.